The van der Waals surface area contributed by atoms with E-state index in [4.69, 9.17) is 0 Å². The van der Waals surface area contributed by atoms with Gasteiger partial charge in [-0.25, -0.2) is 0 Å². The summed E-state index contributed by atoms with van der Waals surface area (Å²) in [6, 6.07) is 0. The minimum atomic E-state index is 0.920. The molecule has 0 aliphatic carbocycles. The Bertz CT molecular complexity index is 66.9. The van der Waals surface area contributed by atoms with E-state index in [1.54, 1.807) is 0 Å². The van der Waals surface area contributed by atoms with Crippen LogP contribution in [0.5, 0.6) is 0 Å². The lowest BCUT2D eigenvalue weighted by atomic mass is 10.6. The smallest absolute Gasteiger partial charge is 0.0512 e. The first-order chi connectivity index (χ1) is 3.77. The Hall–Kier alpha value is -0.370. The van der Waals surface area contributed by atoms with Crippen molar-refractivity contribution in [1.29, 1.82) is 0 Å². The van der Waals surface area contributed by atoms with Gasteiger partial charge < -0.3 is 4.90 Å². The lowest BCUT2D eigenvalue weighted by molar-refractivity contribution is 0.421. The van der Waals surface area contributed by atoms with Crippen LogP contribution in [-0.4, -0.2) is 38.3 Å². The lowest BCUT2D eigenvalue weighted by Crippen LogP contribution is -2.15. The first-order valence-electron chi connectivity index (χ1n) is 2.86. The molecule has 0 aromatic heterocycles. The summed E-state index contributed by atoms with van der Waals surface area (Å²) in [6.07, 6.45) is 1.84. The molecule has 0 spiro atoms. The van der Waals surface area contributed by atoms with Gasteiger partial charge in [-0.3, -0.25) is 4.99 Å². The molecule has 2 nitrogen and oxygen atoms in total. The minimum absolute atomic E-state index is 0.920. The van der Waals surface area contributed by atoms with E-state index in [-0.39, 0.29) is 0 Å². The Morgan fingerprint density at radius 3 is 2.50 bits per heavy atom. The Morgan fingerprint density at radius 1 is 1.50 bits per heavy atom. The van der Waals surface area contributed by atoms with Crippen LogP contribution in [0.15, 0.2) is 4.99 Å². The third-order valence-corrected chi connectivity index (χ3v) is 0.859. The molecule has 0 rings (SSSR count). The number of aliphatic imine (C=N–C) groups is 1. The third-order valence-electron chi connectivity index (χ3n) is 0.859. The summed E-state index contributed by atoms with van der Waals surface area (Å²) < 4.78 is 0. The molecule has 0 unspecified atom stereocenters. The van der Waals surface area contributed by atoms with Gasteiger partial charge in [0.05, 0.1) is 6.54 Å². The molecule has 0 atom stereocenters. The van der Waals surface area contributed by atoms with Crippen molar-refractivity contribution in [2.75, 3.05) is 27.2 Å². The van der Waals surface area contributed by atoms with Crippen LogP contribution in [-0.2, 0) is 0 Å². The number of rotatable bonds is 3. The summed E-state index contributed by atoms with van der Waals surface area (Å²) in [5.74, 6) is 0. The summed E-state index contributed by atoms with van der Waals surface area (Å²) in [4.78, 5) is 6.16. The highest BCUT2D eigenvalue weighted by Gasteiger charge is 1.82. The Morgan fingerprint density at radius 2 is 2.12 bits per heavy atom. The van der Waals surface area contributed by atoms with Gasteiger partial charge in [-0.2, -0.15) is 0 Å². The van der Waals surface area contributed by atoms with Crippen molar-refractivity contribution in [3.05, 3.63) is 0 Å². The maximum atomic E-state index is 4.05. The standard InChI is InChI=1S/C6H14N2/c1-4-7-5-6-8(2)3/h4H,5-6H2,1-3H3. The molecular formula is C6H14N2. The molecule has 0 bridgehead atoms. The van der Waals surface area contributed by atoms with Gasteiger partial charge in [-0.05, 0) is 27.2 Å². The zero-order valence-electron chi connectivity index (χ0n) is 5.89. The van der Waals surface area contributed by atoms with E-state index in [9.17, 15) is 0 Å². The maximum Gasteiger partial charge on any atom is 0.0512 e. The molecule has 0 aromatic carbocycles. The molecule has 0 amide bonds. The SMILES string of the molecule is CC=NCCN(C)C. The van der Waals surface area contributed by atoms with E-state index in [1.807, 2.05) is 27.2 Å². The number of hydrogen-bond acceptors (Lipinski definition) is 2. The summed E-state index contributed by atoms with van der Waals surface area (Å²) in [6.45, 7) is 3.91. The van der Waals surface area contributed by atoms with Gasteiger partial charge in [-0.1, -0.05) is 0 Å². The fraction of sp³-hybridized carbons (Fsp3) is 0.833. The summed E-state index contributed by atoms with van der Waals surface area (Å²) in [5, 5.41) is 0. The summed E-state index contributed by atoms with van der Waals surface area (Å²) in [7, 11) is 4.09. The highest BCUT2D eigenvalue weighted by Crippen LogP contribution is 1.73. The van der Waals surface area contributed by atoms with E-state index in [0.717, 1.165) is 13.1 Å². The van der Waals surface area contributed by atoms with Crippen LogP contribution in [0.1, 0.15) is 6.92 Å². The maximum absolute atomic E-state index is 4.05. The van der Waals surface area contributed by atoms with Crippen LogP contribution >= 0.6 is 0 Å². The normalized spacial score (nSPS) is 11.5. The average molecular weight is 114 g/mol. The summed E-state index contributed by atoms with van der Waals surface area (Å²) >= 11 is 0. The first-order valence-corrected chi connectivity index (χ1v) is 2.86. The van der Waals surface area contributed by atoms with Gasteiger partial charge >= 0.3 is 0 Å². The van der Waals surface area contributed by atoms with E-state index in [0.29, 0.717) is 0 Å². The van der Waals surface area contributed by atoms with Gasteiger partial charge in [0, 0.05) is 6.54 Å². The van der Waals surface area contributed by atoms with Crippen molar-refractivity contribution in [2.24, 2.45) is 4.99 Å². The molecular weight excluding hydrogens is 100 g/mol. The van der Waals surface area contributed by atoms with Crippen LogP contribution in [0.2, 0.25) is 0 Å². The predicted octanol–water partition coefficient (Wildman–Crippen LogP) is 0.639. The van der Waals surface area contributed by atoms with Crippen molar-refractivity contribution >= 4 is 6.21 Å². The van der Waals surface area contributed by atoms with Gasteiger partial charge in [0.25, 0.3) is 0 Å². The van der Waals surface area contributed by atoms with Crippen LogP contribution in [0.4, 0.5) is 0 Å². The molecule has 0 aliphatic heterocycles. The second-order valence-electron chi connectivity index (χ2n) is 1.97. The lowest BCUT2D eigenvalue weighted by Gasteiger charge is -2.04. The number of hydrogen-bond donors (Lipinski definition) is 0. The number of nitrogens with zero attached hydrogens (tertiary/aromatic N) is 2. The molecule has 0 aliphatic rings. The molecule has 0 heterocycles. The van der Waals surface area contributed by atoms with Crippen molar-refractivity contribution in [3.63, 3.8) is 0 Å². The zero-order valence-corrected chi connectivity index (χ0v) is 5.89. The molecule has 0 aromatic rings. The van der Waals surface area contributed by atoms with Crippen molar-refractivity contribution < 1.29 is 0 Å². The van der Waals surface area contributed by atoms with Gasteiger partial charge in [0.15, 0.2) is 0 Å². The molecule has 0 fully saturated rings. The molecule has 0 radical (unpaired) electrons. The van der Waals surface area contributed by atoms with E-state index in [2.05, 4.69) is 9.89 Å². The highest BCUT2D eigenvalue weighted by molar-refractivity contribution is 5.53. The Kier molecular flexibility index (Phi) is 4.56. The Labute approximate surface area is 51.2 Å². The molecule has 0 saturated heterocycles. The zero-order chi connectivity index (χ0) is 6.41. The predicted molar refractivity (Wildman–Crippen MR) is 37.6 cm³/mol. The quantitative estimate of drug-likeness (QED) is 0.491. The second-order valence-corrected chi connectivity index (χ2v) is 1.97. The van der Waals surface area contributed by atoms with Crippen LogP contribution in [0.25, 0.3) is 0 Å². The van der Waals surface area contributed by atoms with Gasteiger partial charge in [0.1, 0.15) is 0 Å². The average Bonchev–Trinajstić information content (AvgIpc) is 1.66. The first kappa shape index (κ1) is 7.63. The van der Waals surface area contributed by atoms with Crippen molar-refractivity contribution in [2.45, 2.75) is 6.92 Å². The van der Waals surface area contributed by atoms with Crippen molar-refractivity contribution in [1.82, 2.24) is 4.90 Å². The molecule has 8 heavy (non-hydrogen) atoms. The molecule has 0 saturated carbocycles. The monoisotopic (exact) mass is 114 g/mol. The minimum Gasteiger partial charge on any atom is -0.308 e. The largest absolute Gasteiger partial charge is 0.308 e. The Balaban J connectivity index is 2.93. The van der Waals surface area contributed by atoms with E-state index >= 15 is 0 Å². The third kappa shape index (κ3) is 5.63. The fourth-order valence-corrected chi connectivity index (χ4v) is 0.387. The second kappa shape index (κ2) is 4.78. The van der Waals surface area contributed by atoms with Gasteiger partial charge in [0.2, 0.25) is 0 Å². The summed E-state index contributed by atoms with van der Waals surface area (Å²) in [5.41, 5.74) is 0. The molecule has 0 N–H and O–H groups in total. The van der Waals surface area contributed by atoms with E-state index in [1.165, 1.54) is 0 Å². The highest BCUT2D eigenvalue weighted by atomic mass is 15.1. The molecule has 48 valence electrons. The van der Waals surface area contributed by atoms with Crippen LogP contribution < -0.4 is 0 Å². The van der Waals surface area contributed by atoms with Crippen molar-refractivity contribution in [3.8, 4) is 0 Å². The van der Waals surface area contributed by atoms with Crippen LogP contribution in [0.3, 0.4) is 0 Å². The fourth-order valence-electron chi connectivity index (χ4n) is 0.387. The topological polar surface area (TPSA) is 15.6 Å². The molecule has 2 heteroatoms. The van der Waals surface area contributed by atoms with E-state index < -0.39 is 0 Å². The number of likely N-dealkylation sites (N-methyl/N-ethyl adjacent to an activating group) is 1. The van der Waals surface area contributed by atoms with Gasteiger partial charge in [-0.15, -0.1) is 0 Å². The van der Waals surface area contributed by atoms with Crippen LogP contribution in [0, 0.1) is 0 Å².